The highest BCUT2D eigenvalue weighted by Crippen LogP contribution is 2.23. The lowest BCUT2D eigenvalue weighted by molar-refractivity contribution is -0.386. The Morgan fingerprint density at radius 3 is 2.56 bits per heavy atom. The Balaban J connectivity index is 1.79. The number of anilines is 1. The van der Waals surface area contributed by atoms with Crippen molar-refractivity contribution in [1.29, 1.82) is 0 Å². The predicted octanol–water partition coefficient (Wildman–Crippen LogP) is 3.37. The molecule has 0 bridgehead atoms. The molecule has 1 N–H and O–H groups in total. The van der Waals surface area contributed by atoms with Crippen LogP contribution in [-0.2, 0) is 17.9 Å². The molecule has 0 aliphatic heterocycles. The van der Waals surface area contributed by atoms with Crippen LogP contribution in [0.15, 0.2) is 24.3 Å². The highest BCUT2D eigenvalue weighted by atomic mass is 16.6. The molecule has 1 aromatic carbocycles. The van der Waals surface area contributed by atoms with E-state index in [4.69, 9.17) is 0 Å². The van der Waals surface area contributed by atoms with Gasteiger partial charge in [-0.15, -0.1) is 0 Å². The molecule has 32 heavy (non-hydrogen) atoms. The van der Waals surface area contributed by atoms with Crippen LogP contribution in [0.2, 0.25) is 0 Å². The molecule has 2 aromatic heterocycles. The van der Waals surface area contributed by atoms with Gasteiger partial charge in [0.05, 0.1) is 28.4 Å². The van der Waals surface area contributed by atoms with Crippen LogP contribution in [0.4, 0.5) is 11.6 Å². The Labute approximate surface area is 187 Å². The van der Waals surface area contributed by atoms with Crippen molar-refractivity contribution < 1.29 is 9.72 Å². The first kappa shape index (κ1) is 23.4. The summed E-state index contributed by atoms with van der Waals surface area (Å²) in [7, 11) is 0. The van der Waals surface area contributed by atoms with E-state index in [1.807, 2.05) is 28.8 Å². The maximum Gasteiger partial charge on any atom is 0.312 e. The van der Waals surface area contributed by atoms with Gasteiger partial charge in [0, 0.05) is 13.1 Å². The smallest absolute Gasteiger partial charge is 0.309 e. The molecule has 10 heteroatoms. The van der Waals surface area contributed by atoms with Crippen LogP contribution in [-0.4, -0.2) is 54.7 Å². The fourth-order valence-electron chi connectivity index (χ4n) is 3.88. The number of hydrogen-bond donors (Lipinski definition) is 1. The fourth-order valence-corrected chi connectivity index (χ4v) is 3.88. The molecule has 1 unspecified atom stereocenters. The molecule has 10 nitrogen and oxygen atoms in total. The number of amides is 1. The molecule has 0 spiro atoms. The second-order valence-electron chi connectivity index (χ2n) is 7.95. The van der Waals surface area contributed by atoms with Crippen molar-refractivity contribution in [3.63, 3.8) is 0 Å². The van der Waals surface area contributed by atoms with Crippen molar-refractivity contribution in [3.8, 4) is 0 Å². The highest BCUT2D eigenvalue weighted by molar-refractivity contribution is 5.92. The number of hydrogen-bond acceptors (Lipinski definition) is 6. The third kappa shape index (κ3) is 4.80. The molecule has 0 saturated carbocycles. The largest absolute Gasteiger partial charge is 0.312 e. The quantitative estimate of drug-likeness (QED) is 0.381. The van der Waals surface area contributed by atoms with Gasteiger partial charge in [0.15, 0.2) is 0 Å². The molecule has 0 fully saturated rings. The summed E-state index contributed by atoms with van der Waals surface area (Å²) in [6, 6.07) is 7.81. The van der Waals surface area contributed by atoms with E-state index in [-0.39, 0.29) is 18.1 Å². The summed E-state index contributed by atoms with van der Waals surface area (Å²) in [5.74, 6) is -0.155. The number of aromatic nitrogens is 4. The lowest BCUT2D eigenvalue weighted by atomic mass is 10.1. The molecule has 3 aromatic rings. The third-order valence-electron chi connectivity index (χ3n) is 5.84. The van der Waals surface area contributed by atoms with Gasteiger partial charge in [0.1, 0.15) is 11.4 Å². The number of rotatable bonds is 10. The van der Waals surface area contributed by atoms with E-state index in [1.165, 1.54) is 4.68 Å². The van der Waals surface area contributed by atoms with E-state index in [0.29, 0.717) is 23.9 Å². The number of imidazole rings is 1. The standard InChI is InChI=1S/C22H31N7O3/c1-6-26(7-2)12-13-27-19-11-9-8-10-18(19)23-22(27)24-21(30)15(3)14-28-17(5)20(29(31)32)16(4)25-28/h8-11,15H,6-7,12-14H2,1-5H3,(H,23,24,30). The van der Waals surface area contributed by atoms with Crippen molar-refractivity contribution in [2.75, 3.05) is 25.0 Å². The Hall–Kier alpha value is -3.27. The van der Waals surface area contributed by atoms with Crippen LogP contribution in [0, 0.1) is 29.9 Å². The number of nitrogens with zero attached hydrogens (tertiary/aromatic N) is 6. The van der Waals surface area contributed by atoms with Crippen molar-refractivity contribution >= 4 is 28.6 Å². The Bertz CT molecular complexity index is 1110. The molecule has 0 saturated heterocycles. The second-order valence-corrected chi connectivity index (χ2v) is 7.95. The normalized spacial score (nSPS) is 12.4. The number of likely N-dealkylation sites (N-methyl/N-ethyl adjacent to an activating group) is 1. The number of fused-ring (bicyclic) bond motifs is 1. The summed E-state index contributed by atoms with van der Waals surface area (Å²) in [4.78, 5) is 30.8. The minimum atomic E-state index is -0.455. The summed E-state index contributed by atoms with van der Waals surface area (Å²) in [5.41, 5.74) is 2.58. The lowest BCUT2D eigenvalue weighted by Gasteiger charge is -2.20. The summed E-state index contributed by atoms with van der Waals surface area (Å²) in [5, 5.41) is 18.5. The van der Waals surface area contributed by atoms with Gasteiger partial charge in [-0.1, -0.05) is 32.9 Å². The van der Waals surface area contributed by atoms with E-state index in [2.05, 4.69) is 34.1 Å². The van der Waals surface area contributed by atoms with Gasteiger partial charge in [-0.25, -0.2) is 4.98 Å². The highest BCUT2D eigenvalue weighted by Gasteiger charge is 2.25. The molecule has 1 amide bonds. The molecule has 0 aliphatic carbocycles. The summed E-state index contributed by atoms with van der Waals surface area (Å²) in [6.45, 7) is 13.0. The zero-order valence-electron chi connectivity index (χ0n) is 19.3. The Kier molecular flexibility index (Phi) is 7.24. The first-order valence-electron chi connectivity index (χ1n) is 10.9. The van der Waals surface area contributed by atoms with Crippen LogP contribution in [0.25, 0.3) is 11.0 Å². The van der Waals surface area contributed by atoms with Gasteiger partial charge in [-0.2, -0.15) is 5.10 Å². The molecule has 1 atom stereocenters. The van der Waals surface area contributed by atoms with Gasteiger partial charge in [-0.3, -0.25) is 24.9 Å². The molecular formula is C22H31N7O3. The number of benzene rings is 1. The van der Waals surface area contributed by atoms with Gasteiger partial charge < -0.3 is 9.47 Å². The Morgan fingerprint density at radius 1 is 1.25 bits per heavy atom. The maximum atomic E-state index is 13.0. The van der Waals surface area contributed by atoms with Crippen molar-refractivity contribution in [2.45, 2.75) is 47.7 Å². The lowest BCUT2D eigenvalue weighted by Crippen LogP contribution is -2.29. The van der Waals surface area contributed by atoms with E-state index >= 15 is 0 Å². The van der Waals surface area contributed by atoms with Gasteiger partial charge in [0.2, 0.25) is 11.9 Å². The van der Waals surface area contributed by atoms with Crippen molar-refractivity contribution in [2.24, 2.45) is 5.92 Å². The number of nitrogens with one attached hydrogen (secondary N) is 1. The SMILES string of the molecule is CCN(CC)CCn1c(NC(=O)C(C)Cn2nc(C)c([N+](=O)[O-])c2C)nc2ccccc21. The van der Waals surface area contributed by atoms with Crippen LogP contribution < -0.4 is 5.32 Å². The monoisotopic (exact) mass is 441 g/mol. The molecule has 0 aliphatic rings. The van der Waals surface area contributed by atoms with E-state index in [0.717, 1.165) is 30.7 Å². The maximum absolute atomic E-state index is 13.0. The van der Waals surface area contributed by atoms with Crippen LogP contribution in [0.1, 0.15) is 32.2 Å². The van der Waals surface area contributed by atoms with Gasteiger partial charge >= 0.3 is 5.69 Å². The molecule has 0 radical (unpaired) electrons. The second kappa shape index (κ2) is 9.90. The zero-order chi connectivity index (χ0) is 23.4. The predicted molar refractivity (Wildman–Crippen MR) is 124 cm³/mol. The summed E-state index contributed by atoms with van der Waals surface area (Å²) in [6.07, 6.45) is 0. The number of nitro groups is 1. The topological polar surface area (TPSA) is 111 Å². The zero-order valence-corrected chi connectivity index (χ0v) is 19.3. The summed E-state index contributed by atoms with van der Waals surface area (Å²) < 4.78 is 3.56. The van der Waals surface area contributed by atoms with Crippen LogP contribution >= 0.6 is 0 Å². The number of aryl methyl sites for hydroxylation is 1. The molecule has 172 valence electrons. The van der Waals surface area contributed by atoms with Gasteiger partial charge in [-0.05, 0) is 39.1 Å². The van der Waals surface area contributed by atoms with Gasteiger partial charge in [0.25, 0.3) is 0 Å². The average molecular weight is 442 g/mol. The minimum Gasteiger partial charge on any atom is -0.309 e. The van der Waals surface area contributed by atoms with Crippen LogP contribution in [0.5, 0.6) is 0 Å². The Morgan fingerprint density at radius 2 is 1.94 bits per heavy atom. The number of carbonyl (C=O) groups excluding carboxylic acids is 1. The van der Waals surface area contributed by atoms with E-state index < -0.39 is 10.8 Å². The van der Waals surface area contributed by atoms with Crippen molar-refractivity contribution in [1.82, 2.24) is 24.2 Å². The van der Waals surface area contributed by atoms with Crippen LogP contribution in [0.3, 0.4) is 0 Å². The fraction of sp³-hybridized carbons (Fsp3) is 0.500. The molecule has 3 rings (SSSR count). The first-order chi connectivity index (χ1) is 15.3. The third-order valence-corrected chi connectivity index (χ3v) is 5.84. The average Bonchev–Trinajstić information content (AvgIpc) is 3.24. The number of carbonyl (C=O) groups is 1. The minimum absolute atomic E-state index is 0.00389. The van der Waals surface area contributed by atoms with Crippen molar-refractivity contribution in [3.05, 3.63) is 45.8 Å². The molecule has 2 heterocycles. The molecular weight excluding hydrogens is 410 g/mol. The number of para-hydroxylation sites is 2. The van der Waals surface area contributed by atoms with E-state index in [9.17, 15) is 14.9 Å². The van der Waals surface area contributed by atoms with E-state index in [1.54, 1.807) is 20.8 Å². The summed E-state index contributed by atoms with van der Waals surface area (Å²) >= 11 is 0. The first-order valence-corrected chi connectivity index (χ1v) is 10.9.